The van der Waals surface area contributed by atoms with Crippen molar-refractivity contribution in [1.82, 2.24) is 15.0 Å². The summed E-state index contributed by atoms with van der Waals surface area (Å²) in [5.74, 6) is 1.29. The zero-order chi connectivity index (χ0) is 17.2. The third-order valence-corrected chi connectivity index (χ3v) is 4.49. The monoisotopic (exact) mass is 327 g/mol. The largest absolute Gasteiger partial charge is 0.343 e. The van der Waals surface area contributed by atoms with Gasteiger partial charge in [0.2, 0.25) is 17.6 Å². The SMILES string of the molecule is CC(C)(C)c1ccc(-c2noc(CCC(=O)N3CCCC3)n2)cc1. The third-order valence-electron chi connectivity index (χ3n) is 4.49. The molecule has 0 N–H and O–H groups in total. The molecule has 0 bridgehead atoms. The molecule has 1 aromatic carbocycles. The van der Waals surface area contributed by atoms with E-state index >= 15 is 0 Å². The number of aryl methyl sites for hydroxylation is 1. The molecule has 5 nitrogen and oxygen atoms in total. The van der Waals surface area contributed by atoms with Crippen molar-refractivity contribution < 1.29 is 9.32 Å². The Hall–Kier alpha value is -2.17. The number of nitrogens with zero attached hydrogens (tertiary/aromatic N) is 3. The Morgan fingerprint density at radius 3 is 2.46 bits per heavy atom. The molecule has 1 aliphatic heterocycles. The fraction of sp³-hybridized carbons (Fsp3) is 0.526. The van der Waals surface area contributed by atoms with Crippen LogP contribution in [0.2, 0.25) is 0 Å². The Morgan fingerprint density at radius 1 is 1.17 bits per heavy atom. The lowest BCUT2D eigenvalue weighted by Crippen LogP contribution is -2.27. The van der Waals surface area contributed by atoms with E-state index in [4.69, 9.17) is 4.52 Å². The third kappa shape index (κ3) is 3.83. The summed E-state index contributed by atoms with van der Waals surface area (Å²) in [6, 6.07) is 8.24. The molecule has 1 aliphatic rings. The molecular formula is C19H25N3O2. The first-order valence-electron chi connectivity index (χ1n) is 8.65. The lowest BCUT2D eigenvalue weighted by molar-refractivity contribution is -0.130. The van der Waals surface area contributed by atoms with Gasteiger partial charge in [0.25, 0.3) is 0 Å². The number of amides is 1. The zero-order valence-corrected chi connectivity index (χ0v) is 14.7. The van der Waals surface area contributed by atoms with Gasteiger partial charge in [-0.2, -0.15) is 4.98 Å². The predicted molar refractivity (Wildman–Crippen MR) is 92.6 cm³/mol. The number of hydrogen-bond donors (Lipinski definition) is 0. The van der Waals surface area contributed by atoms with Crippen molar-refractivity contribution in [2.75, 3.05) is 13.1 Å². The fourth-order valence-electron chi connectivity index (χ4n) is 2.93. The van der Waals surface area contributed by atoms with Crippen molar-refractivity contribution in [3.63, 3.8) is 0 Å². The predicted octanol–water partition coefficient (Wildman–Crippen LogP) is 3.59. The van der Waals surface area contributed by atoms with Crippen LogP contribution in [0, 0.1) is 0 Å². The molecule has 0 saturated carbocycles. The van der Waals surface area contributed by atoms with Gasteiger partial charge in [-0.15, -0.1) is 0 Å². The van der Waals surface area contributed by atoms with E-state index in [0.29, 0.717) is 24.6 Å². The fourth-order valence-corrected chi connectivity index (χ4v) is 2.93. The molecule has 1 amide bonds. The van der Waals surface area contributed by atoms with Crippen LogP contribution in [0.5, 0.6) is 0 Å². The van der Waals surface area contributed by atoms with E-state index in [1.807, 2.05) is 17.0 Å². The Bertz CT molecular complexity index is 692. The van der Waals surface area contributed by atoms with Crippen molar-refractivity contribution in [3.05, 3.63) is 35.7 Å². The van der Waals surface area contributed by atoms with E-state index < -0.39 is 0 Å². The standard InChI is InChI=1S/C19H25N3O2/c1-19(2,3)15-8-6-14(7-9-15)18-20-16(24-21-18)10-11-17(23)22-12-4-5-13-22/h6-9H,4-5,10-13H2,1-3H3. The molecule has 0 spiro atoms. The van der Waals surface area contributed by atoms with E-state index in [2.05, 4.69) is 43.0 Å². The minimum atomic E-state index is 0.122. The maximum Gasteiger partial charge on any atom is 0.227 e. The maximum atomic E-state index is 12.1. The molecule has 128 valence electrons. The summed E-state index contributed by atoms with van der Waals surface area (Å²) >= 11 is 0. The average Bonchev–Trinajstić information content (AvgIpc) is 3.23. The van der Waals surface area contributed by atoms with E-state index in [-0.39, 0.29) is 11.3 Å². The molecule has 1 aromatic heterocycles. The number of carbonyl (C=O) groups is 1. The van der Waals surface area contributed by atoms with Gasteiger partial charge in [-0.3, -0.25) is 4.79 Å². The minimum absolute atomic E-state index is 0.122. The van der Waals surface area contributed by atoms with E-state index in [1.54, 1.807) is 0 Å². The van der Waals surface area contributed by atoms with Crippen molar-refractivity contribution in [2.24, 2.45) is 0 Å². The number of likely N-dealkylation sites (tertiary alicyclic amines) is 1. The van der Waals surface area contributed by atoms with Gasteiger partial charge in [0, 0.05) is 31.5 Å². The topological polar surface area (TPSA) is 59.2 Å². The summed E-state index contributed by atoms with van der Waals surface area (Å²) < 4.78 is 5.30. The highest BCUT2D eigenvalue weighted by molar-refractivity contribution is 5.76. The van der Waals surface area contributed by atoms with Crippen LogP contribution < -0.4 is 0 Å². The van der Waals surface area contributed by atoms with E-state index in [1.165, 1.54) is 5.56 Å². The zero-order valence-electron chi connectivity index (χ0n) is 14.7. The molecule has 1 saturated heterocycles. The Kier molecular flexibility index (Phi) is 4.69. The van der Waals surface area contributed by atoms with Crippen molar-refractivity contribution in [3.8, 4) is 11.4 Å². The van der Waals surface area contributed by atoms with Crippen LogP contribution in [0.25, 0.3) is 11.4 Å². The molecular weight excluding hydrogens is 302 g/mol. The van der Waals surface area contributed by atoms with Crippen LogP contribution in [0.1, 0.15) is 51.5 Å². The highest BCUT2D eigenvalue weighted by Crippen LogP contribution is 2.25. The van der Waals surface area contributed by atoms with Crippen molar-refractivity contribution in [1.29, 1.82) is 0 Å². The van der Waals surface area contributed by atoms with Crippen LogP contribution in [0.15, 0.2) is 28.8 Å². The van der Waals surface area contributed by atoms with Gasteiger partial charge in [0.15, 0.2) is 0 Å². The summed E-state index contributed by atoms with van der Waals surface area (Å²) in [7, 11) is 0. The molecule has 3 rings (SSSR count). The summed E-state index contributed by atoms with van der Waals surface area (Å²) in [5.41, 5.74) is 2.33. The van der Waals surface area contributed by atoms with Gasteiger partial charge < -0.3 is 9.42 Å². The summed E-state index contributed by atoms with van der Waals surface area (Å²) in [6.45, 7) is 8.33. The number of benzene rings is 1. The highest BCUT2D eigenvalue weighted by atomic mass is 16.5. The summed E-state index contributed by atoms with van der Waals surface area (Å²) in [5, 5.41) is 4.04. The summed E-state index contributed by atoms with van der Waals surface area (Å²) in [4.78, 5) is 18.4. The molecule has 2 heterocycles. The Labute approximate surface area is 143 Å². The summed E-state index contributed by atoms with van der Waals surface area (Å²) in [6.07, 6.45) is 3.16. The van der Waals surface area contributed by atoms with Gasteiger partial charge in [0.05, 0.1) is 0 Å². The van der Waals surface area contributed by atoms with Gasteiger partial charge in [0.1, 0.15) is 0 Å². The second kappa shape index (κ2) is 6.75. The smallest absolute Gasteiger partial charge is 0.227 e. The van der Waals surface area contributed by atoms with Gasteiger partial charge in [-0.05, 0) is 23.8 Å². The molecule has 24 heavy (non-hydrogen) atoms. The molecule has 5 heteroatoms. The van der Waals surface area contributed by atoms with Crippen LogP contribution in [-0.2, 0) is 16.6 Å². The molecule has 2 aromatic rings. The Balaban J connectivity index is 1.61. The van der Waals surface area contributed by atoms with E-state index in [9.17, 15) is 4.79 Å². The Morgan fingerprint density at radius 2 is 1.83 bits per heavy atom. The quantitative estimate of drug-likeness (QED) is 0.861. The lowest BCUT2D eigenvalue weighted by atomic mass is 9.87. The van der Waals surface area contributed by atoms with Gasteiger partial charge in [-0.1, -0.05) is 50.2 Å². The van der Waals surface area contributed by atoms with Crippen LogP contribution in [0.3, 0.4) is 0 Å². The minimum Gasteiger partial charge on any atom is -0.343 e. The normalized spacial score (nSPS) is 15.0. The van der Waals surface area contributed by atoms with Gasteiger partial charge in [-0.25, -0.2) is 0 Å². The highest BCUT2D eigenvalue weighted by Gasteiger charge is 2.19. The second-order valence-corrected chi connectivity index (χ2v) is 7.43. The lowest BCUT2D eigenvalue weighted by Gasteiger charge is -2.18. The molecule has 0 aliphatic carbocycles. The van der Waals surface area contributed by atoms with Crippen LogP contribution in [0.4, 0.5) is 0 Å². The molecule has 1 fully saturated rings. The second-order valence-electron chi connectivity index (χ2n) is 7.43. The van der Waals surface area contributed by atoms with Crippen molar-refractivity contribution in [2.45, 2.75) is 51.9 Å². The first-order valence-corrected chi connectivity index (χ1v) is 8.65. The first-order chi connectivity index (χ1) is 11.4. The molecule has 0 atom stereocenters. The van der Waals surface area contributed by atoms with Crippen LogP contribution >= 0.6 is 0 Å². The van der Waals surface area contributed by atoms with E-state index in [0.717, 1.165) is 31.5 Å². The number of aromatic nitrogens is 2. The van der Waals surface area contributed by atoms with Crippen LogP contribution in [-0.4, -0.2) is 34.0 Å². The molecule has 0 unspecified atom stereocenters. The molecule has 0 radical (unpaired) electrons. The number of hydrogen-bond acceptors (Lipinski definition) is 4. The maximum absolute atomic E-state index is 12.1. The average molecular weight is 327 g/mol. The first kappa shape index (κ1) is 16.7. The number of carbonyl (C=O) groups excluding carboxylic acids is 1. The number of rotatable bonds is 4. The van der Waals surface area contributed by atoms with Crippen molar-refractivity contribution >= 4 is 5.91 Å². The van der Waals surface area contributed by atoms with Gasteiger partial charge >= 0.3 is 0 Å².